The zero-order chi connectivity index (χ0) is 16.6. The third-order valence-electron chi connectivity index (χ3n) is 3.18. The van der Waals surface area contributed by atoms with Gasteiger partial charge in [-0.05, 0) is 24.3 Å². The lowest BCUT2D eigenvalue weighted by Gasteiger charge is -2.07. The van der Waals surface area contributed by atoms with E-state index in [1.807, 2.05) is 0 Å². The number of nitrogens with one attached hydrogen (secondary N) is 2. The smallest absolute Gasteiger partial charge is 0.272 e. The Morgan fingerprint density at radius 1 is 1.13 bits per heavy atom. The monoisotopic (exact) mass is 335 g/mol. The summed E-state index contributed by atoms with van der Waals surface area (Å²) in [6.07, 6.45) is 0. The fraction of sp³-hybridized carbons (Fsp3) is 0. The van der Waals surface area contributed by atoms with Gasteiger partial charge < -0.3 is 5.32 Å². The molecule has 1 amide bonds. The van der Waals surface area contributed by atoms with Crippen LogP contribution >= 0.6 is 11.6 Å². The first-order chi connectivity index (χ1) is 11.0. The molecule has 0 unspecified atom stereocenters. The summed E-state index contributed by atoms with van der Waals surface area (Å²) in [7, 11) is 0. The molecule has 0 bridgehead atoms. The number of benzene rings is 2. The molecule has 116 valence electrons. The van der Waals surface area contributed by atoms with Crippen molar-refractivity contribution in [2.24, 2.45) is 0 Å². The van der Waals surface area contributed by atoms with Crippen LogP contribution in [0.3, 0.4) is 0 Å². The Labute approximate surface area is 132 Å². The number of rotatable bonds is 2. The quantitative estimate of drug-likeness (QED) is 0.755. The second-order valence-corrected chi connectivity index (χ2v) is 5.04. The molecule has 3 aromatic rings. The van der Waals surface area contributed by atoms with E-state index in [0.29, 0.717) is 5.39 Å². The Kier molecular flexibility index (Phi) is 3.79. The van der Waals surface area contributed by atoms with Crippen LogP contribution in [0.5, 0.6) is 0 Å². The molecule has 0 fully saturated rings. The number of hydrogen-bond acceptors (Lipinski definition) is 3. The van der Waals surface area contributed by atoms with E-state index < -0.39 is 23.1 Å². The largest absolute Gasteiger partial charge is 0.319 e. The van der Waals surface area contributed by atoms with Crippen LogP contribution in [0.15, 0.2) is 41.2 Å². The van der Waals surface area contributed by atoms with Crippen LogP contribution < -0.4 is 10.9 Å². The number of H-pyrrole nitrogens is 1. The summed E-state index contributed by atoms with van der Waals surface area (Å²) in [6.45, 7) is 0. The van der Waals surface area contributed by atoms with E-state index in [1.54, 1.807) is 0 Å². The van der Waals surface area contributed by atoms with Gasteiger partial charge in [0.05, 0.1) is 11.1 Å². The van der Waals surface area contributed by atoms with E-state index >= 15 is 0 Å². The van der Waals surface area contributed by atoms with Crippen molar-refractivity contribution in [2.45, 2.75) is 0 Å². The molecule has 0 saturated heterocycles. The Morgan fingerprint density at radius 3 is 2.70 bits per heavy atom. The lowest BCUT2D eigenvalue weighted by molar-refractivity contribution is 0.102. The van der Waals surface area contributed by atoms with Gasteiger partial charge in [-0.15, -0.1) is 0 Å². The lowest BCUT2D eigenvalue weighted by Crippen LogP contribution is -2.15. The minimum Gasteiger partial charge on any atom is -0.319 e. The summed E-state index contributed by atoms with van der Waals surface area (Å²) < 4.78 is 26.7. The van der Waals surface area contributed by atoms with Crippen LogP contribution in [-0.2, 0) is 0 Å². The van der Waals surface area contributed by atoms with E-state index in [-0.39, 0.29) is 21.8 Å². The van der Waals surface area contributed by atoms with Crippen LogP contribution in [0.2, 0.25) is 5.15 Å². The van der Waals surface area contributed by atoms with Gasteiger partial charge in [-0.25, -0.2) is 13.9 Å². The van der Waals surface area contributed by atoms with E-state index in [1.165, 1.54) is 18.2 Å². The molecule has 8 heteroatoms. The van der Waals surface area contributed by atoms with Crippen molar-refractivity contribution in [1.29, 1.82) is 0 Å². The van der Waals surface area contributed by atoms with Crippen molar-refractivity contribution in [3.63, 3.8) is 0 Å². The van der Waals surface area contributed by atoms with E-state index in [0.717, 1.165) is 18.2 Å². The van der Waals surface area contributed by atoms with Crippen LogP contribution in [-0.4, -0.2) is 16.1 Å². The summed E-state index contributed by atoms with van der Waals surface area (Å²) >= 11 is 5.86. The molecule has 1 heterocycles. The molecule has 0 aliphatic carbocycles. The first-order valence-corrected chi connectivity index (χ1v) is 6.78. The third kappa shape index (κ3) is 2.91. The highest BCUT2D eigenvalue weighted by Crippen LogP contribution is 2.20. The van der Waals surface area contributed by atoms with Crippen LogP contribution in [0.4, 0.5) is 14.5 Å². The maximum absolute atomic E-state index is 13.6. The number of anilines is 1. The molecule has 23 heavy (non-hydrogen) atoms. The van der Waals surface area contributed by atoms with Crippen molar-refractivity contribution in [1.82, 2.24) is 10.2 Å². The molecule has 0 spiro atoms. The predicted octanol–water partition coefficient (Wildman–Crippen LogP) is 3.11. The number of fused-ring (bicyclic) bond motifs is 1. The van der Waals surface area contributed by atoms with Crippen LogP contribution in [0.25, 0.3) is 10.8 Å². The fourth-order valence-corrected chi connectivity index (χ4v) is 2.27. The third-order valence-corrected chi connectivity index (χ3v) is 3.47. The normalized spacial score (nSPS) is 10.7. The number of amides is 1. The van der Waals surface area contributed by atoms with Gasteiger partial charge in [-0.2, -0.15) is 5.10 Å². The predicted molar refractivity (Wildman–Crippen MR) is 81.7 cm³/mol. The molecule has 0 radical (unpaired) electrons. The summed E-state index contributed by atoms with van der Waals surface area (Å²) in [5.41, 5.74) is -0.721. The number of halogens is 3. The van der Waals surface area contributed by atoms with E-state index in [4.69, 9.17) is 11.6 Å². The van der Waals surface area contributed by atoms with Gasteiger partial charge in [-0.3, -0.25) is 9.59 Å². The molecule has 5 nitrogen and oxygen atoms in total. The molecule has 2 aromatic carbocycles. The Morgan fingerprint density at radius 2 is 1.91 bits per heavy atom. The number of aromatic amines is 1. The zero-order valence-electron chi connectivity index (χ0n) is 11.4. The molecule has 3 rings (SSSR count). The minimum absolute atomic E-state index is 0.0859. The summed E-state index contributed by atoms with van der Waals surface area (Å²) in [6, 6.07) is 6.87. The average molecular weight is 336 g/mol. The number of nitrogens with zero attached hydrogens (tertiary/aromatic N) is 1. The fourth-order valence-electron chi connectivity index (χ4n) is 2.06. The second-order valence-electron chi connectivity index (χ2n) is 4.68. The number of carbonyl (C=O) groups is 1. The van der Waals surface area contributed by atoms with Crippen molar-refractivity contribution in [2.75, 3.05) is 5.32 Å². The van der Waals surface area contributed by atoms with Crippen LogP contribution in [0, 0.1) is 11.6 Å². The van der Waals surface area contributed by atoms with Crippen molar-refractivity contribution in [3.8, 4) is 0 Å². The van der Waals surface area contributed by atoms with Gasteiger partial charge in [0.25, 0.3) is 11.5 Å². The number of aromatic nitrogens is 2. The van der Waals surface area contributed by atoms with Gasteiger partial charge in [0.1, 0.15) is 11.6 Å². The maximum Gasteiger partial charge on any atom is 0.272 e. The highest BCUT2D eigenvalue weighted by Gasteiger charge is 2.13. The minimum atomic E-state index is -0.773. The molecule has 0 aliphatic heterocycles. The van der Waals surface area contributed by atoms with Crippen molar-refractivity contribution < 1.29 is 13.6 Å². The second kappa shape index (κ2) is 5.77. The molecular weight excluding hydrogens is 328 g/mol. The molecule has 0 saturated carbocycles. The molecular formula is C15H8ClF2N3O2. The van der Waals surface area contributed by atoms with Gasteiger partial charge in [0.15, 0.2) is 5.15 Å². The first-order valence-electron chi connectivity index (χ1n) is 6.40. The average Bonchev–Trinajstić information content (AvgIpc) is 2.54. The Balaban J connectivity index is 2.00. The van der Waals surface area contributed by atoms with Crippen molar-refractivity contribution >= 4 is 34.0 Å². The summed E-state index contributed by atoms with van der Waals surface area (Å²) in [5, 5.41) is 8.68. The van der Waals surface area contributed by atoms with Gasteiger partial charge in [0.2, 0.25) is 0 Å². The first kappa shape index (κ1) is 15.1. The standard InChI is InChI=1S/C15H8ClF2N3O2/c16-13-9-3-1-7(5-10(9)15(23)21-20-13)14(22)19-12-6-8(17)2-4-11(12)18/h1-6H,(H,19,22)(H,21,23). The SMILES string of the molecule is O=C(Nc1cc(F)ccc1F)c1ccc2c(Cl)n[nH]c(=O)c2c1. The topological polar surface area (TPSA) is 74.8 Å². The summed E-state index contributed by atoms with van der Waals surface area (Å²) in [4.78, 5) is 23.9. The molecule has 0 aliphatic rings. The Hall–Kier alpha value is -2.80. The molecule has 2 N–H and O–H groups in total. The van der Waals surface area contributed by atoms with Gasteiger partial charge in [0, 0.05) is 17.0 Å². The van der Waals surface area contributed by atoms with E-state index in [9.17, 15) is 18.4 Å². The molecule has 1 aromatic heterocycles. The highest BCUT2D eigenvalue weighted by molar-refractivity contribution is 6.34. The zero-order valence-corrected chi connectivity index (χ0v) is 12.1. The number of carbonyl (C=O) groups excluding carboxylic acids is 1. The Bertz CT molecular complexity index is 988. The van der Waals surface area contributed by atoms with Crippen molar-refractivity contribution in [3.05, 3.63) is 69.1 Å². The summed E-state index contributed by atoms with van der Waals surface area (Å²) in [5.74, 6) is -2.15. The maximum atomic E-state index is 13.6. The van der Waals surface area contributed by atoms with Crippen LogP contribution in [0.1, 0.15) is 10.4 Å². The lowest BCUT2D eigenvalue weighted by atomic mass is 10.1. The van der Waals surface area contributed by atoms with E-state index in [2.05, 4.69) is 15.5 Å². The number of hydrogen-bond donors (Lipinski definition) is 2. The highest BCUT2D eigenvalue weighted by atomic mass is 35.5. The molecule has 0 atom stereocenters. The van der Waals surface area contributed by atoms with Gasteiger partial charge >= 0.3 is 0 Å². The van der Waals surface area contributed by atoms with Gasteiger partial charge in [-0.1, -0.05) is 17.7 Å².